The van der Waals surface area contributed by atoms with Crippen LogP contribution in [0.1, 0.15) is 41.1 Å². The number of halogens is 2. The van der Waals surface area contributed by atoms with E-state index in [0.717, 1.165) is 23.3 Å². The van der Waals surface area contributed by atoms with Crippen LogP contribution in [0.3, 0.4) is 0 Å². The topological polar surface area (TPSA) is 86.1 Å². The van der Waals surface area contributed by atoms with Gasteiger partial charge in [-0.15, -0.1) is 0 Å². The maximum Gasteiger partial charge on any atom is 0.268 e. The molecule has 1 aromatic rings. The van der Waals surface area contributed by atoms with Crippen molar-refractivity contribution >= 4 is 11.8 Å². The molecule has 0 spiro atoms. The third kappa shape index (κ3) is 3.35. The van der Waals surface area contributed by atoms with Crippen LogP contribution in [0.15, 0.2) is 18.5 Å². The van der Waals surface area contributed by atoms with Gasteiger partial charge in [0.2, 0.25) is 5.91 Å². The molecule has 1 aromatic heterocycles. The van der Waals surface area contributed by atoms with Crippen LogP contribution in [0, 0.1) is 11.3 Å². The van der Waals surface area contributed by atoms with E-state index in [2.05, 4.69) is 10.3 Å². The largest absolute Gasteiger partial charge is 0.343 e. The number of alkyl halides is 2. The Morgan fingerprint density at radius 2 is 2.21 bits per heavy atom. The van der Waals surface area contributed by atoms with E-state index in [1.807, 2.05) is 0 Å². The molecule has 2 fully saturated rings. The number of pyridine rings is 1. The average Bonchev–Trinajstić information content (AvgIpc) is 3.35. The number of nitrogens with one attached hydrogen (secondary N) is 1. The number of carbonyl (C=O) groups excluding carboxylic acids is 2. The highest BCUT2D eigenvalue weighted by molar-refractivity contribution is 5.98. The van der Waals surface area contributed by atoms with Crippen molar-refractivity contribution in [1.82, 2.24) is 15.2 Å². The van der Waals surface area contributed by atoms with E-state index in [4.69, 9.17) is 5.26 Å². The van der Waals surface area contributed by atoms with Crippen molar-refractivity contribution in [3.05, 3.63) is 29.6 Å². The summed E-state index contributed by atoms with van der Waals surface area (Å²) in [7, 11) is 0. The molecule has 2 amide bonds. The Bertz CT molecular complexity index is 712. The highest BCUT2D eigenvalue weighted by Gasteiger charge is 2.47. The minimum absolute atomic E-state index is 0.315. The lowest BCUT2D eigenvalue weighted by Crippen LogP contribution is -2.43. The number of nitriles is 1. The van der Waals surface area contributed by atoms with Gasteiger partial charge in [-0.3, -0.25) is 14.6 Å². The minimum Gasteiger partial charge on any atom is -0.343 e. The van der Waals surface area contributed by atoms with Gasteiger partial charge in [-0.2, -0.15) is 5.26 Å². The zero-order chi connectivity index (χ0) is 17.3. The Kier molecular flexibility index (Phi) is 4.18. The number of carbonyl (C=O) groups is 2. The molecule has 0 unspecified atom stereocenters. The molecule has 1 aliphatic heterocycles. The number of amides is 2. The molecule has 8 heteroatoms. The maximum absolute atomic E-state index is 13.4. The van der Waals surface area contributed by atoms with Gasteiger partial charge in [-0.25, -0.2) is 8.78 Å². The first-order valence-electron chi connectivity index (χ1n) is 7.70. The molecule has 126 valence electrons. The Morgan fingerprint density at radius 3 is 2.88 bits per heavy atom. The van der Waals surface area contributed by atoms with Crippen molar-refractivity contribution in [2.75, 3.05) is 13.1 Å². The van der Waals surface area contributed by atoms with Crippen LogP contribution in [0.25, 0.3) is 0 Å². The number of aromatic nitrogens is 1. The van der Waals surface area contributed by atoms with Gasteiger partial charge in [-0.1, -0.05) is 0 Å². The number of nitrogens with zero attached hydrogens (tertiary/aromatic N) is 3. The Morgan fingerprint density at radius 1 is 1.46 bits per heavy atom. The fraction of sp³-hybridized carbons (Fsp3) is 0.500. The molecule has 24 heavy (non-hydrogen) atoms. The summed E-state index contributed by atoms with van der Waals surface area (Å²) in [6.07, 6.45) is 4.46. The highest BCUT2D eigenvalue weighted by Crippen LogP contribution is 2.41. The monoisotopic (exact) mass is 334 g/mol. The number of hydrogen-bond acceptors (Lipinski definition) is 4. The summed E-state index contributed by atoms with van der Waals surface area (Å²) in [6, 6.07) is 2.13. The zero-order valence-corrected chi connectivity index (χ0v) is 12.8. The molecule has 0 aromatic carbocycles. The lowest BCUT2D eigenvalue weighted by Gasteiger charge is -2.19. The van der Waals surface area contributed by atoms with Gasteiger partial charge in [0.05, 0.1) is 19.2 Å². The number of likely N-dealkylation sites (tertiary alicyclic amines) is 1. The molecule has 1 saturated heterocycles. The Labute approximate surface area is 137 Å². The molecule has 2 aliphatic rings. The van der Waals surface area contributed by atoms with Gasteiger partial charge >= 0.3 is 0 Å². The fourth-order valence-electron chi connectivity index (χ4n) is 2.88. The van der Waals surface area contributed by atoms with Crippen LogP contribution in [0.2, 0.25) is 0 Å². The number of hydrogen-bond donors (Lipinski definition) is 1. The van der Waals surface area contributed by atoms with E-state index in [1.54, 1.807) is 18.3 Å². The molecular weight excluding hydrogens is 318 g/mol. The molecule has 1 N–H and O–H groups in total. The Hall–Kier alpha value is -2.56. The average molecular weight is 334 g/mol. The van der Waals surface area contributed by atoms with Crippen molar-refractivity contribution in [3.8, 4) is 6.07 Å². The predicted octanol–water partition coefficient (Wildman–Crippen LogP) is 1.45. The summed E-state index contributed by atoms with van der Waals surface area (Å²) in [5, 5.41) is 11.4. The van der Waals surface area contributed by atoms with Crippen LogP contribution >= 0.6 is 0 Å². The zero-order valence-electron chi connectivity index (χ0n) is 12.8. The van der Waals surface area contributed by atoms with Gasteiger partial charge in [0.15, 0.2) is 0 Å². The van der Waals surface area contributed by atoms with Gasteiger partial charge in [0, 0.05) is 24.4 Å². The summed E-state index contributed by atoms with van der Waals surface area (Å²) in [4.78, 5) is 29.2. The van der Waals surface area contributed by atoms with Gasteiger partial charge in [-0.05, 0) is 30.4 Å². The summed E-state index contributed by atoms with van der Waals surface area (Å²) >= 11 is 0. The second-order valence-electron chi connectivity index (χ2n) is 6.15. The van der Waals surface area contributed by atoms with E-state index in [0.29, 0.717) is 11.5 Å². The predicted molar refractivity (Wildman–Crippen MR) is 79.2 cm³/mol. The van der Waals surface area contributed by atoms with Crippen molar-refractivity contribution in [2.45, 2.75) is 37.1 Å². The number of rotatable bonds is 4. The lowest BCUT2D eigenvalue weighted by atomic mass is 10.1. The minimum atomic E-state index is -3.07. The van der Waals surface area contributed by atoms with Crippen LogP contribution in [0.4, 0.5) is 8.78 Å². The summed E-state index contributed by atoms with van der Waals surface area (Å²) in [5.41, 5.74) is 1.29. The molecule has 3 rings (SSSR count). The van der Waals surface area contributed by atoms with Crippen molar-refractivity contribution in [1.29, 1.82) is 5.26 Å². The summed E-state index contributed by atoms with van der Waals surface area (Å²) in [5.74, 6) is -3.87. The van der Waals surface area contributed by atoms with Gasteiger partial charge in [0.25, 0.3) is 11.8 Å². The van der Waals surface area contributed by atoms with Crippen LogP contribution < -0.4 is 5.32 Å². The van der Waals surface area contributed by atoms with Gasteiger partial charge < -0.3 is 10.2 Å². The summed E-state index contributed by atoms with van der Waals surface area (Å²) < 4.78 is 26.7. The van der Waals surface area contributed by atoms with Crippen molar-refractivity contribution in [3.63, 3.8) is 0 Å². The molecule has 0 bridgehead atoms. The molecule has 1 aliphatic carbocycles. The van der Waals surface area contributed by atoms with Crippen LogP contribution in [-0.4, -0.2) is 46.8 Å². The molecule has 1 saturated carbocycles. The van der Waals surface area contributed by atoms with Crippen LogP contribution in [0.5, 0.6) is 0 Å². The third-order valence-corrected chi connectivity index (χ3v) is 4.25. The maximum atomic E-state index is 13.4. The van der Waals surface area contributed by atoms with Crippen LogP contribution in [-0.2, 0) is 4.79 Å². The first kappa shape index (κ1) is 16.3. The molecular formula is C16H16F2N4O2. The second-order valence-corrected chi connectivity index (χ2v) is 6.15. The first-order valence-corrected chi connectivity index (χ1v) is 7.70. The highest BCUT2D eigenvalue weighted by atomic mass is 19.3. The fourth-order valence-corrected chi connectivity index (χ4v) is 2.88. The second kappa shape index (κ2) is 6.15. The molecule has 1 atom stereocenters. The SMILES string of the molecule is N#C[C@@H]1CC(F)(F)CN1C(=O)CNC(=O)c1ccncc1C1CC1. The van der Waals surface area contributed by atoms with E-state index < -0.39 is 43.3 Å². The third-order valence-electron chi connectivity index (χ3n) is 4.25. The van der Waals surface area contributed by atoms with E-state index in [-0.39, 0.29) is 0 Å². The quantitative estimate of drug-likeness (QED) is 0.903. The van der Waals surface area contributed by atoms with Gasteiger partial charge in [0.1, 0.15) is 6.04 Å². The summed E-state index contributed by atoms with van der Waals surface area (Å²) in [6.45, 7) is -1.21. The molecule has 6 nitrogen and oxygen atoms in total. The van der Waals surface area contributed by atoms with E-state index in [1.165, 1.54) is 6.20 Å². The van der Waals surface area contributed by atoms with E-state index >= 15 is 0 Å². The lowest BCUT2D eigenvalue weighted by molar-refractivity contribution is -0.131. The molecule has 0 radical (unpaired) electrons. The van der Waals surface area contributed by atoms with Crippen molar-refractivity contribution in [2.24, 2.45) is 0 Å². The normalized spacial score (nSPS) is 22.0. The first-order chi connectivity index (χ1) is 11.4. The smallest absolute Gasteiger partial charge is 0.268 e. The van der Waals surface area contributed by atoms with Crippen molar-refractivity contribution < 1.29 is 18.4 Å². The molecule has 2 heterocycles. The standard InChI is InChI=1S/C16H16F2N4O2/c17-16(18)5-11(6-19)22(9-16)14(23)8-21-15(24)12-3-4-20-7-13(12)10-1-2-10/h3-4,7,10-11H,1-2,5,8-9H2,(H,21,24)/t11-/m0/s1. The Balaban J connectivity index is 1.63. The van der Waals surface area contributed by atoms with E-state index in [9.17, 15) is 18.4 Å².